The van der Waals surface area contributed by atoms with Gasteiger partial charge < -0.3 is 14.6 Å². The van der Waals surface area contributed by atoms with Crippen LogP contribution in [-0.2, 0) is 6.54 Å². The molecule has 0 aliphatic carbocycles. The van der Waals surface area contributed by atoms with Crippen LogP contribution in [0.5, 0.6) is 11.6 Å². The summed E-state index contributed by atoms with van der Waals surface area (Å²) in [6.45, 7) is -0.0605. The number of aromatic amines is 1. The van der Waals surface area contributed by atoms with Crippen LogP contribution in [0, 0.1) is 9.39 Å². The predicted molar refractivity (Wildman–Crippen MR) is 116 cm³/mol. The number of halogens is 2. The van der Waals surface area contributed by atoms with Gasteiger partial charge in [-0.2, -0.15) is 0 Å². The van der Waals surface area contributed by atoms with Crippen LogP contribution in [0.1, 0.15) is 11.1 Å². The van der Waals surface area contributed by atoms with Gasteiger partial charge in [0, 0.05) is 37.2 Å². The van der Waals surface area contributed by atoms with Crippen LogP contribution in [0.4, 0.5) is 4.39 Å². The fraction of sp³-hybridized carbons (Fsp3) is 0.0476. The molecule has 0 fully saturated rings. The van der Waals surface area contributed by atoms with Gasteiger partial charge in [-0.05, 0) is 59.0 Å². The van der Waals surface area contributed by atoms with Gasteiger partial charge in [-0.3, -0.25) is 14.8 Å². The first-order chi connectivity index (χ1) is 13.9. The average Bonchev–Trinajstić information content (AvgIpc) is 3.21. The Morgan fingerprint density at radius 3 is 2.76 bits per heavy atom. The van der Waals surface area contributed by atoms with Gasteiger partial charge in [-0.15, -0.1) is 0 Å². The second-order valence-corrected chi connectivity index (χ2v) is 7.59. The molecular weight excluding hydrogens is 490 g/mol. The van der Waals surface area contributed by atoms with Crippen LogP contribution in [-0.4, -0.2) is 21.4 Å². The second kappa shape index (κ2) is 7.70. The van der Waals surface area contributed by atoms with E-state index < -0.39 is 11.4 Å². The molecule has 2 heterocycles. The molecule has 0 unspecified atom stereocenters. The zero-order valence-corrected chi connectivity index (χ0v) is 17.0. The van der Waals surface area contributed by atoms with E-state index in [1.54, 1.807) is 24.3 Å². The minimum absolute atomic E-state index is 0.0605. The number of phenols is 1. The van der Waals surface area contributed by atoms with E-state index in [9.17, 15) is 19.4 Å². The van der Waals surface area contributed by atoms with Crippen molar-refractivity contribution in [2.45, 2.75) is 6.54 Å². The normalized spacial score (nSPS) is 11.5. The number of H-pyrrole nitrogens is 1. The highest BCUT2D eigenvalue weighted by molar-refractivity contribution is 14.1. The van der Waals surface area contributed by atoms with Gasteiger partial charge in [0.2, 0.25) is 5.88 Å². The molecule has 0 bridgehead atoms. The van der Waals surface area contributed by atoms with E-state index in [2.05, 4.69) is 32.6 Å². The number of aromatic nitrogens is 1. The molecule has 3 N–H and O–H groups in total. The minimum Gasteiger partial charge on any atom is -0.507 e. The third-order valence-electron chi connectivity index (χ3n) is 4.48. The summed E-state index contributed by atoms with van der Waals surface area (Å²) in [6.07, 6.45) is 4.23. The van der Waals surface area contributed by atoms with E-state index in [0.717, 1.165) is 3.57 Å². The maximum atomic E-state index is 14.5. The van der Waals surface area contributed by atoms with Crippen LogP contribution >= 0.6 is 22.6 Å². The fourth-order valence-corrected chi connectivity index (χ4v) is 3.54. The van der Waals surface area contributed by atoms with Crippen LogP contribution in [0.15, 0.2) is 63.1 Å². The Morgan fingerprint density at radius 1 is 1.17 bits per heavy atom. The summed E-state index contributed by atoms with van der Waals surface area (Å²) in [6, 6.07) is 9.37. The molecule has 0 aliphatic rings. The van der Waals surface area contributed by atoms with E-state index in [0.29, 0.717) is 27.5 Å². The van der Waals surface area contributed by atoms with Gasteiger partial charge in [0.15, 0.2) is 0 Å². The Labute approximate surface area is 177 Å². The first kappa shape index (κ1) is 19.2. The third kappa shape index (κ3) is 3.75. The number of phenolic OH excluding ortho intramolecular Hbond substituents is 1. The summed E-state index contributed by atoms with van der Waals surface area (Å²) >= 11 is 2.11. The number of nitrogens with zero attached hydrogens (tertiary/aromatic N) is 1. The third-order valence-corrected chi connectivity index (χ3v) is 5.15. The highest BCUT2D eigenvalue weighted by Crippen LogP contribution is 2.32. The molecule has 6 nitrogen and oxygen atoms in total. The zero-order chi connectivity index (χ0) is 20.5. The monoisotopic (exact) mass is 504 g/mol. The lowest BCUT2D eigenvalue weighted by Crippen LogP contribution is -2.08. The second-order valence-electron chi connectivity index (χ2n) is 6.35. The topological polar surface area (TPSA) is 98.8 Å². The molecule has 4 aromatic rings. The Hall–Kier alpha value is -3.14. The van der Waals surface area contributed by atoms with Crippen molar-refractivity contribution in [3.63, 3.8) is 0 Å². The molecule has 8 heteroatoms. The molecule has 2 aromatic carbocycles. The van der Waals surface area contributed by atoms with Gasteiger partial charge in [0.1, 0.15) is 11.6 Å². The Bertz CT molecular complexity index is 1300. The lowest BCUT2D eigenvalue weighted by molar-refractivity contribution is 0.452. The van der Waals surface area contributed by atoms with Crippen LogP contribution in [0.3, 0.4) is 0 Å². The van der Waals surface area contributed by atoms with Crippen molar-refractivity contribution in [3.8, 4) is 22.8 Å². The number of aromatic hydroxyl groups is 2. The molecule has 0 saturated heterocycles. The zero-order valence-electron chi connectivity index (χ0n) is 14.8. The van der Waals surface area contributed by atoms with Crippen molar-refractivity contribution in [1.29, 1.82) is 0 Å². The SMILES string of the molecule is O=c1[nH]c(O)c(C=NCc2cc(O)c(-c3ccoc3)cc2F)c2cc(I)ccc12. The summed E-state index contributed by atoms with van der Waals surface area (Å²) in [5.41, 5.74) is 1.00. The number of hydrogen-bond acceptors (Lipinski definition) is 5. The molecule has 4 rings (SSSR count). The van der Waals surface area contributed by atoms with Crippen LogP contribution < -0.4 is 5.56 Å². The van der Waals surface area contributed by atoms with Crippen molar-refractivity contribution in [2.75, 3.05) is 0 Å². The number of hydrogen-bond donors (Lipinski definition) is 3. The van der Waals surface area contributed by atoms with E-state index in [-0.39, 0.29) is 23.7 Å². The molecule has 0 amide bonds. The van der Waals surface area contributed by atoms with E-state index in [1.165, 1.54) is 30.9 Å². The van der Waals surface area contributed by atoms with Gasteiger partial charge >= 0.3 is 0 Å². The predicted octanol–water partition coefficient (Wildman–Crippen LogP) is 4.56. The van der Waals surface area contributed by atoms with Gasteiger partial charge in [-0.1, -0.05) is 0 Å². The van der Waals surface area contributed by atoms with Crippen molar-refractivity contribution >= 4 is 39.6 Å². The molecule has 146 valence electrons. The number of pyridine rings is 1. The van der Waals surface area contributed by atoms with Gasteiger partial charge in [0.25, 0.3) is 5.56 Å². The van der Waals surface area contributed by atoms with Crippen molar-refractivity contribution in [1.82, 2.24) is 4.98 Å². The van der Waals surface area contributed by atoms with Crippen LogP contribution in [0.2, 0.25) is 0 Å². The smallest absolute Gasteiger partial charge is 0.258 e. The van der Waals surface area contributed by atoms with Gasteiger partial charge in [0.05, 0.1) is 24.6 Å². The maximum Gasteiger partial charge on any atom is 0.258 e. The molecule has 29 heavy (non-hydrogen) atoms. The molecule has 2 aromatic heterocycles. The average molecular weight is 504 g/mol. The van der Waals surface area contributed by atoms with Crippen LogP contribution in [0.25, 0.3) is 21.9 Å². The quantitative estimate of drug-likeness (QED) is 0.280. The van der Waals surface area contributed by atoms with Crippen molar-refractivity contribution < 1.29 is 19.0 Å². The number of fused-ring (bicyclic) bond motifs is 1. The number of nitrogens with one attached hydrogen (secondary N) is 1. The summed E-state index contributed by atoms with van der Waals surface area (Å²) in [5.74, 6) is -0.932. The Kier molecular flexibility index (Phi) is 5.10. The summed E-state index contributed by atoms with van der Waals surface area (Å²) in [4.78, 5) is 18.6. The van der Waals surface area contributed by atoms with E-state index in [1.807, 2.05) is 0 Å². The summed E-state index contributed by atoms with van der Waals surface area (Å²) in [7, 11) is 0. The van der Waals surface area contributed by atoms with E-state index >= 15 is 0 Å². The minimum atomic E-state index is -0.527. The van der Waals surface area contributed by atoms with E-state index in [4.69, 9.17) is 4.42 Å². The summed E-state index contributed by atoms with van der Waals surface area (Å²) in [5, 5.41) is 21.3. The number of furan rings is 1. The molecule has 0 atom stereocenters. The first-order valence-electron chi connectivity index (χ1n) is 8.52. The molecule has 0 aliphatic heterocycles. The number of rotatable bonds is 4. The molecule has 0 radical (unpaired) electrons. The number of aliphatic imine (C=N–C) groups is 1. The largest absolute Gasteiger partial charge is 0.507 e. The summed E-state index contributed by atoms with van der Waals surface area (Å²) < 4.78 is 20.3. The highest BCUT2D eigenvalue weighted by Gasteiger charge is 2.13. The van der Waals surface area contributed by atoms with Gasteiger partial charge in [-0.25, -0.2) is 4.39 Å². The first-order valence-corrected chi connectivity index (χ1v) is 9.60. The maximum absolute atomic E-state index is 14.5. The lowest BCUT2D eigenvalue weighted by Gasteiger charge is -2.07. The number of benzene rings is 2. The van der Waals surface area contributed by atoms with Crippen molar-refractivity contribution in [3.05, 3.63) is 79.8 Å². The highest BCUT2D eigenvalue weighted by atomic mass is 127. The standard InChI is InChI=1S/C21H14FIN2O4/c22-18-7-15(11-3-4-29-10-11)19(26)5-12(18)8-24-9-17-16-6-13(23)1-2-14(16)20(27)25-21(17)28/h1-7,9-10,26H,8H2,(H2,25,27,28). The molecule has 0 spiro atoms. The lowest BCUT2D eigenvalue weighted by atomic mass is 10.0. The Balaban J connectivity index is 1.67. The fourth-order valence-electron chi connectivity index (χ4n) is 3.05. The van der Waals surface area contributed by atoms with Crippen molar-refractivity contribution in [2.24, 2.45) is 4.99 Å². The molecule has 0 saturated carbocycles. The Morgan fingerprint density at radius 2 is 2.00 bits per heavy atom. The molecular formula is C21H14FIN2O4.